The molecule has 1 amide bonds. The Kier molecular flexibility index (Phi) is 6.18. The van der Waals surface area contributed by atoms with Gasteiger partial charge in [0.25, 0.3) is 5.91 Å². The van der Waals surface area contributed by atoms with E-state index < -0.39 is 10.0 Å². The molecule has 4 rings (SSSR count). The molecule has 0 bridgehead atoms. The zero-order valence-corrected chi connectivity index (χ0v) is 18.1. The fourth-order valence-electron chi connectivity index (χ4n) is 3.53. The maximum Gasteiger partial charge on any atom is 0.255 e. The van der Waals surface area contributed by atoms with E-state index in [4.69, 9.17) is 4.74 Å². The minimum absolute atomic E-state index is 0.201. The Bertz CT molecular complexity index is 1170. The molecule has 160 valence electrons. The minimum Gasteiger partial charge on any atom is -0.379 e. The number of carbonyl (C=O) groups excluding carboxylic acids is 1. The summed E-state index contributed by atoms with van der Waals surface area (Å²) in [6.45, 7) is 3.17. The molecule has 1 aliphatic heterocycles. The predicted molar refractivity (Wildman–Crippen MR) is 121 cm³/mol. The summed E-state index contributed by atoms with van der Waals surface area (Å²) in [5, 5.41) is 2.81. The van der Waals surface area contributed by atoms with Crippen LogP contribution in [0, 0.1) is 6.92 Å². The third kappa shape index (κ3) is 4.69. The Labute approximate surface area is 182 Å². The largest absolute Gasteiger partial charge is 0.379 e. The van der Waals surface area contributed by atoms with Crippen molar-refractivity contribution in [2.24, 2.45) is 0 Å². The van der Waals surface area contributed by atoms with Crippen LogP contribution in [0.15, 0.2) is 77.7 Å². The molecular weight excluding hydrogens is 412 g/mol. The quantitative estimate of drug-likeness (QED) is 0.657. The number of hydrogen-bond donors (Lipinski definition) is 1. The fourth-order valence-corrected chi connectivity index (χ4v) is 5.19. The van der Waals surface area contributed by atoms with Gasteiger partial charge in [-0.2, -0.15) is 4.31 Å². The van der Waals surface area contributed by atoms with Gasteiger partial charge in [-0.05, 0) is 47.9 Å². The van der Waals surface area contributed by atoms with Gasteiger partial charge in [-0.15, -0.1) is 0 Å². The van der Waals surface area contributed by atoms with Crippen molar-refractivity contribution in [3.05, 3.63) is 83.9 Å². The average molecular weight is 437 g/mol. The normalized spacial score (nSPS) is 14.9. The first kappa shape index (κ1) is 21.2. The maximum atomic E-state index is 13.0. The van der Waals surface area contributed by atoms with Crippen LogP contribution in [0.5, 0.6) is 0 Å². The van der Waals surface area contributed by atoms with E-state index >= 15 is 0 Å². The molecule has 0 radical (unpaired) electrons. The molecule has 0 saturated carbocycles. The summed E-state index contributed by atoms with van der Waals surface area (Å²) in [5.74, 6) is -0.293. The molecule has 1 heterocycles. The Morgan fingerprint density at radius 3 is 2.23 bits per heavy atom. The summed E-state index contributed by atoms with van der Waals surface area (Å²) in [6, 6.07) is 22.2. The Morgan fingerprint density at radius 2 is 1.55 bits per heavy atom. The lowest BCUT2D eigenvalue weighted by Crippen LogP contribution is -2.40. The van der Waals surface area contributed by atoms with Gasteiger partial charge in [-0.25, -0.2) is 8.42 Å². The van der Waals surface area contributed by atoms with Crippen LogP contribution in [-0.4, -0.2) is 44.9 Å². The summed E-state index contributed by atoms with van der Waals surface area (Å²) >= 11 is 0. The summed E-state index contributed by atoms with van der Waals surface area (Å²) in [6.07, 6.45) is 0. The lowest BCUT2D eigenvalue weighted by atomic mass is 10.0. The zero-order valence-electron chi connectivity index (χ0n) is 17.2. The number of hydrogen-bond acceptors (Lipinski definition) is 4. The summed E-state index contributed by atoms with van der Waals surface area (Å²) in [5.41, 5.74) is 3.67. The molecule has 1 saturated heterocycles. The highest BCUT2D eigenvalue weighted by Gasteiger charge is 2.28. The van der Waals surface area contributed by atoms with E-state index in [2.05, 4.69) is 5.32 Å². The fraction of sp³-hybridized carbons (Fsp3) is 0.208. The van der Waals surface area contributed by atoms with Gasteiger partial charge < -0.3 is 10.1 Å². The summed E-state index contributed by atoms with van der Waals surface area (Å²) in [7, 11) is -3.65. The number of carbonyl (C=O) groups is 1. The van der Waals surface area contributed by atoms with Crippen LogP contribution >= 0.6 is 0 Å². The van der Waals surface area contributed by atoms with E-state index in [0.29, 0.717) is 43.1 Å². The van der Waals surface area contributed by atoms with Gasteiger partial charge in [0.1, 0.15) is 0 Å². The third-order valence-electron chi connectivity index (χ3n) is 5.29. The lowest BCUT2D eigenvalue weighted by Gasteiger charge is -2.26. The van der Waals surface area contributed by atoms with Crippen molar-refractivity contribution < 1.29 is 17.9 Å². The van der Waals surface area contributed by atoms with Crippen molar-refractivity contribution in [1.29, 1.82) is 0 Å². The van der Waals surface area contributed by atoms with Gasteiger partial charge in [-0.1, -0.05) is 48.5 Å². The molecule has 7 heteroatoms. The molecular formula is C24H24N2O4S. The number of sulfonamides is 1. The first-order valence-corrected chi connectivity index (χ1v) is 11.5. The SMILES string of the molecule is Cc1ccc(NC(=O)c2ccc(-c3ccccc3)cc2)cc1S(=O)(=O)N1CCOCC1. The number of nitrogens with one attached hydrogen (secondary N) is 1. The molecule has 3 aromatic rings. The molecule has 6 nitrogen and oxygen atoms in total. The predicted octanol–water partition coefficient (Wildman–Crippen LogP) is 3.94. The second-order valence-electron chi connectivity index (χ2n) is 7.39. The van der Waals surface area contributed by atoms with E-state index in [-0.39, 0.29) is 10.8 Å². The highest BCUT2D eigenvalue weighted by molar-refractivity contribution is 7.89. The smallest absolute Gasteiger partial charge is 0.255 e. The number of anilines is 1. The first-order valence-electron chi connectivity index (χ1n) is 10.1. The Balaban J connectivity index is 1.53. The van der Waals surface area contributed by atoms with Crippen LogP contribution in [-0.2, 0) is 14.8 Å². The van der Waals surface area contributed by atoms with E-state index in [0.717, 1.165) is 11.1 Å². The van der Waals surface area contributed by atoms with Crippen molar-refractivity contribution in [3.63, 3.8) is 0 Å². The van der Waals surface area contributed by atoms with Crippen molar-refractivity contribution in [3.8, 4) is 11.1 Å². The number of rotatable bonds is 5. The van der Waals surface area contributed by atoms with Crippen LogP contribution in [0.4, 0.5) is 5.69 Å². The topological polar surface area (TPSA) is 75.7 Å². The highest BCUT2D eigenvalue weighted by atomic mass is 32.2. The maximum absolute atomic E-state index is 13.0. The van der Waals surface area contributed by atoms with E-state index in [1.54, 1.807) is 31.2 Å². The minimum atomic E-state index is -3.65. The van der Waals surface area contributed by atoms with Gasteiger partial charge in [0.2, 0.25) is 10.0 Å². The van der Waals surface area contributed by atoms with Crippen molar-refractivity contribution in [2.45, 2.75) is 11.8 Å². The zero-order chi connectivity index (χ0) is 21.8. The van der Waals surface area contributed by atoms with Gasteiger partial charge in [0.05, 0.1) is 18.1 Å². The number of amides is 1. The lowest BCUT2D eigenvalue weighted by molar-refractivity contribution is 0.0730. The van der Waals surface area contributed by atoms with Crippen LogP contribution in [0.25, 0.3) is 11.1 Å². The first-order chi connectivity index (χ1) is 14.9. The molecule has 1 aliphatic rings. The molecule has 3 aromatic carbocycles. The van der Waals surface area contributed by atoms with Crippen molar-refractivity contribution >= 4 is 21.6 Å². The monoisotopic (exact) mass is 436 g/mol. The van der Waals surface area contributed by atoms with Crippen LogP contribution in [0.2, 0.25) is 0 Å². The van der Waals surface area contributed by atoms with Gasteiger partial charge in [0.15, 0.2) is 0 Å². The summed E-state index contributed by atoms with van der Waals surface area (Å²) in [4.78, 5) is 12.9. The van der Waals surface area contributed by atoms with E-state index in [1.807, 2.05) is 42.5 Å². The third-order valence-corrected chi connectivity index (χ3v) is 7.33. The average Bonchev–Trinajstić information content (AvgIpc) is 2.81. The second kappa shape index (κ2) is 9.01. The van der Waals surface area contributed by atoms with Crippen LogP contribution < -0.4 is 5.32 Å². The summed E-state index contributed by atoms with van der Waals surface area (Å²) < 4.78 is 32.8. The molecule has 0 unspecified atom stereocenters. The molecule has 0 spiro atoms. The van der Waals surface area contributed by atoms with Crippen LogP contribution in [0.3, 0.4) is 0 Å². The van der Waals surface area contributed by atoms with Crippen molar-refractivity contribution in [1.82, 2.24) is 4.31 Å². The van der Waals surface area contributed by atoms with Crippen molar-refractivity contribution in [2.75, 3.05) is 31.6 Å². The van der Waals surface area contributed by atoms with Gasteiger partial charge in [-0.3, -0.25) is 4.79 Å². The van der Waals surface area contributed by atoms with E-state index in [1.165, 1.54) is 10.4 Å². The molecule has 0 aliphatic carbocycles. The number of nitrogens with zero attached hydrogens (tertiary/aromatic N) is 1. The molecule has 1 N–H and O–H groups in total. The molecule has 31 heavy (non-hydrogen) atoms. The number of morpholine rings is 1. The second-order valence-corrected chi connectivity index (χ2v) is 9.30. The number of benzene rings is 3. The highest BCUT2D eigenvalue weighted by Crippen LogP contribution is 2.25. The van der Waals surface area contributed by atoms with Gasteiger partial charge >= 0.3 is 0 Å². The standard InChI is InChI=1S/C24H24N2O4S/c1-18-7-12-22(17-23(18)31(28,29)26-13-15-30-16-14-26)25-24(27)21-10-8-20(9-11-21)19-5-3-2-4-6-19/h2-12,17H,13-16H2,1H3,(H,25,27). The molecule has 0 aromatic heterocycles. The Morgan fingerprint density at radius 1 is 0.903 bits per heavy atom. The number of ether oxygens (including phenoxy) is 1. The molecule has 0 atom stereocenters. The van der Waals surface area contributed by atoms with E-state index in [9.17, 15) is 13.2 Å². The van der Waals surface area contributed by atoms with Crippen LogP contribution in [0.1, 0.15) is 15.9 Å². The van der Waals surface area contributed by atoms with Gasteiger partial charge in [0, 0.05) is 24.3 Å². The number of aryl methyl sites for hydroxylation is 1. The Hall–Kier alpha value is -3.00. The molecule has 1 fully saturated rings.